The molecule has 0 radical (unpaired) electrons. The first kappa shape index (κ1) is 12.0. The lowest BCUT2D eigenvalue weighted by atomic mass is 10.2. The molecule has 0 unspecified atom stereocenters. The van der Waals surface area contributed by atoms with Crippen LogP contribution in [-0.4, -0.2) is 20.6 Å². The number of aryl methyl sites for hydroxylation is 1. The fourth-order valence-corrected chi connectivity index (χ4v) is 1.70. The minimum atomic E-state index is -1.21. The first-order valence-electron chi connectivity index (χ1n) is 5.42. The van der Waals surface area contributed by atoms with Gasteiger partial charge in [-0.3, -0.25) is 9.78 Å². The number of carbonyl (C=O) groups is 1. The molecule has 2 heterocycles. The number of rotatable bonds is 3. The van der Waals surface area contributed by atoms with Gasteiger partial charge in [0.2, 0.25) is 0 Å². The summed E-state index contributed by atoms with van der Waals surface area (Å²) in [6.07, 6.45) is 3.27. The van der Waals surface area contributed by atoms with E-state index in [0.29, 0.717) is 6.54 Å². The molecule has 0 amide bonds. The van der Waals surface area contributed by atoms with Crippen LogP contribution in [0.1, 0.15) is 21.6 Å². The van der Waals surface area contributed by atoms with Gasteiger partial charge in [0.05, 0.1) is 6.54 Å². The molecule has 0 saturated heterocycles. The van der Waals surface area contributed by atoms with Gasteiger partial charge in [-0.15, -0.1) is 0 Å². The minimum absolute atomic E-state index is 0.213. The fourth-order valence-electron chi connectivity index (χ4n) is 1.70. The van der Waals surface area contributed by atoms with Gasteiger partial charge in [-0.1, -0.05) is 0 Å². The van der Waals surface area contributed by atoms with Crippen LogP contribution in [-0.2, 0) is 6.54 Å². The van der Waals surface area contributed by atoms with E-state index in [-0.39, 0.29) is 5.56 Å². The van der Waals surface area contributed by atoms with E-state index < -0.39 is 11.5 Å². The van der Waals surface area contributed by atoms with E-state index in [0.717, 1.165) is 11.3 Å². The number of carboxylic acids is 1. The molecule has 5 nitrogen and oxygen atoms in total. The molecule has 2 rings (SSSR count). The van der Waals surface area contributed by atoms with Crippen molar-refractivity contribution in [3.63, 3.8) is 0 Å². The van der Waals surface area contributed by atoms with E-state index >= 15 is 0 Å². The maximum atomic E-state index is 12.0. The number of carboxylic acid groups (broad SMARTS) is 1. The first-order chi connectivity index (χ1) is 8.59. The van der Waals surface area contributed by atoms with Crippen LogP contribution in [0.3, 0.4) is 0 Å². The number of hydrogen-bond donors (Lipinski definition) is 1. The minimum Gasteiger partial charge on any atom is -0.477 e. The van der Waals surface area contributed by atoms with E-state index in [2.05, 4.69) is 4.98 Å². The number of aromatic carboxylic acids is 1. The van der Waals surface area contributed by atoms with Gasteiger partial charge < -0.3 is 9.67 Å². The molecule has 0 aromatic carbocycles. The lowest BCUT2D eigenvalue weighted by molar-refractivity contribution is 0.0694. The summed E-state index contributed by atoms with van der Waals surface area (Å²) in [5.74, 6) is -1.21. The third-order valence-corrected chi connectivity index (χ3v) is 2.71. The van der Waals surface area contributed by atoms with Gasteiger partial charge >= 0.3 is 5.97 Å². The van der Waals surface area contributed by atoms with Gasteiger partial charge in [-0.25, -0.2) is 4.79 Å². The first-order valence-corrected chi connectivity index (χ1v) is 5.42. The van der Waals surface area contributed by atoms with Gasteiger partial charge in [-0.2, -0.15) is 0 Å². The molecule has 92 valence electrons. The Morgan fingerprint density at radius 3 is 2.56 bits per heavy atom. The Hall–Kier alpha value is -2.43. The van der Waals surface area contributed by atoms with Crippen molar-refractivity contribution in [1.29, 1.82) is 0 Å². The molecule has 0 aliphatic heterocycles. The Bertz CT molecular complexity index is 632. The Balaban J connectivity index is 2.48. The van der Waals surface area contributed by atoms with Gasteiger partial charge in [0.25, 0.3) is 5.56 Å². The summed E-state index contributed by atoms with van der Waals surface area (Å²) < 4.78 is 1.44. The second kappa shape index (κ2) is 4.83. The van der Waals surface area contributed by atoms with Gasteiger partial charge in [0, 0.05) is 18.1 Å². The molecular formula is C13H12N2O3. The molecular weight excluding hydrogens is 232 g/mol. The number of aromatic nitrogens is 2. The van der Waals surface area contributed by atoms with Gasteiger partial charge in [-0.05, 0) is 36.8 Å². The average molecular weight is 244 g/mol. The highest BCUT2D eigenvalue weighted by molar-refractivity contribution is 5.87. The maximum Gasteiger partial charge on any atom is 0.341 e. The van der Waals surface area contributed by atoms with Crippen LogP contribution in [0.2, 0.25) is 0 Å². The smallest absolute Gasteiger partial charge is 0.341 e. The molecule has 0 fully saturated rings. The molecule has 1 N–H and O–H groups in total. The normalized spacial score (nSPS) is 10.3. The van der Waals surface area contributed by atoms with Crippen molar-refractivity contribution in [3.8, 4) is 0 Å². The second-order valence-corrected chi connectivity index (χ2v) is 3.94. The van der Waals surface area contributed by atoms with Crippen molar-refractivity contribution >= 4 is 5.97 Å². The Morgan fingerprint density at radius 2 is 1.94 bits per heavy atom. The lowest BCUT2D eigenvalue weighted by Crippen LogP contribution is -2.28. The van der Waals surface area contributed by atoms with E-state index in [1.807, 2.05) is 0 Å². The van der Waals surface area contributed by atoms with Crippen LogP contribution in [0, 0.1) is 6.92 Å². The van der Waals surface area contributed by atoms with Crippen molar-refractivity contribution < 1.29 is 9.90 Å². The zero-order chi connectivity index (χ0) is 13.1. The van der Waals surface area contributed by atoms with Crippen molar-refractivity contribution in [1.82, 2.24) is 9.55 Å². The van der Waals surface area contributed by atoms with Crippen molar-refractivity contribution in [2.45, 2.75) is 13.5 Å². The van der Waals surface area contributed by atoms with Gasteiger partial charge in [0.1, 0.15) is 5.56 Å². The van der Waals surface area contributed by atoms with Crippen LogP contribution < -0.4 is 5.56 Å². The molecule has 18 heavy (non-hydrogen) atoms. The Kier molecular flexibility index (Phi) is 3.23. The predicted octanol–water partition coefficient (Wildman–Crippen LogP) is 1.30. The van der Waals surface area contributed by atoms with Gasteiger partial charge in [0.15, 0.2) is 0 Å². The third kappa shape index (κ3) is 2.29. The van der Waals surface area contributed by atoms with Crippen molar-refractivity contribution in [2.24, 2.45) is 0 Å². The summed E-state index contributed by atoms with van der Waals surface area (Å²) in [5, 5.41) is 8.92. The highest BCUT2D eigenvalue weighted by Gasteiger charge is 2.12. The molecule has 0 spiro atoms. The van der Waals surface area contributed by atoms with E-state index in [4.69, 9.17) is 5.11 Å². The molecule has 2 aromatic rings. The summed E-state index contributed by atoms with van der Waals surface area (Å²) in [7, 11) is 0. The van der Waals surface area contributed by atoms with Crippen molar-refractivity contribution in [2.75, 3.05) is 0 Å². The van der Waals surface area contributed by atoms with Crippen molar-refractivity contribution in [3.05, 3.63) is 63.8 Å². The molecule has 5 heteroatoms. The zero-order valence-electron chi connectivity index (χ0n) is 9.83. The van der Waals surface area contributed by atoms with Crippen LogP contribution in [0.5, 0.6) is 0 Å². The largest absolute Gasteiger partial charge is 0.477 e. The molecule has 0 saturated carbocycles. The summed E-state index contributed by atoms with van der Waals surface area (Å²) in [6, 6.07) is 6.55. The monoisotopic (exact) mass is 244 g/mol. The molecule has 0 aliphatic carbocycles. The number of pyridine rings is 2. The lowest BCUT2D eigenvalue weighted by Gasteiger charge is -2.10. The van der Waals surface area contributed by atoms with E-state index in [9.17, 15) is 9.59 Å². The summed E-state index contributed by atoms with van der Waals surface area (Å²) in [6.45, 7) is 2.11. The standard InChI is InChI=1S/C13H12N2O3/c1-9-2-3-11(13(17)18)12(16)15(9)8-10-4-6-14-7-5-10/h2-7H,8H2,1H3,(H,17,18). The van der Waals surface area contributed by atoms with Crippen LogP contribution >= 0.6 is 0 Å². The Labute approximate surface area is 103 Å². The predicted molar refractivity (Wildman–Crippen MR) is 65.7 cm³/mol. The summed E-state index contributed by atoms with van der Waals surface area (Å²) in [5.41, 5.74) is 0.925. The fraction of sp³-hybridized carbons (Fsp3) is 0.154. The molecule has 0 aliphatic rings. The third-order valence-electron chi connectivity index (χ3n) is 2.71. The summed E-state index contributed by atoms with van der Waals surface area (Å²) >= 11 is 0. The highest BCUT2D eigenvalue weighted by Crippen LogP contribution is 2.04. The average Bonchev–Trinajstić information content (AvgIpc) is 2.35. The van der Waals surface area contributed by atoms with Crippen LogP contribution in [0.4, 0.5) is 0 Å². The SMILES string of the molecule is Cc1ccc(C(=O)O)c(=O)n1Cc1ccncc1. The molecule has 0 atom stereocenters. The summed E-state index contributed by atoms with van der Waals surface area (Å²) in [4.78, 5) is 26.8. The molecule has 2 aromatic heterocycles. The molecule has 0 bridgehead atoms. The second-order valence-electron chi connectivity index (χ2n) is 3.94. The quantitative estimate of drug-likeness (QED) is 0.883. The van der Waals surface area contributed by atoms with Crippen LogP contribution in [0.15, 0.2) is 41.5 Å². The maximum absolute atomic E-state index is 12.0. The van der Waals surface area contributed by atoms with Crippen LogP contribution in [0.25, 0.3) is 0 Å². The zero-order valence-corrected chi connectivity index (χ0v) is 9.83. The Morgan fingerprint density at radius 1 is 1.28 bits per heavy atom. The van der Waals surface area contributed by atoms with E-state index in [1.165, 1.54) is 10.6 Å². The van der Waals surface area contributed by atoms with E-state index in [1.54, 1.807) is 37.5 Å². The topological polar surface area (TPSA) is 72.2 Å². The number of nitrogens with zero attached hydrogens (tertiary/aromatic N) is 2. The highest BCUT2D eigenvalue weighted by atomic mass is 16.4. The number of hydrogen-bond acceptors (Lipinski definition) is 3.